The number of aliphatic hydroxyl groups is 3. The third-order valence-electron chi connectivity index (χ3n) is 5.20. The molecule has 0 spiro atoms. The van der Waals surface area contributed by atoms with Crippen LogP contribution in [0, 0.1) is 0 Å². The summed E-state index contributed by atoms with van der Waals surface area (Å²) in [5.74, 6) is 0.171. The molecule has 0 saturated carbocycles. The fraction of sp³-hybridized carbons (Fsp3) is 0.435. The third-order valence-corrected chi connectivity index (χ3v) is 5.57. The molecule has 3 rings (SSSR count). The Bertz CT molecular complexity index is 886. The molecule has 0 radical (unpaired) electrons. The molecule has 31 heavy (non-hydrogen) atoms. The number of ether oxygens (including phenoxy) is 3. The Balaban J connectivity index is 1.89. The molecule has 0 aliphatic carbocycles. The van der Waals surface area contributed by atoms with Gasteiger partial charge in [0, 0.05) is 11.9 Å². The second kappa shape index (κ2) is 10.4. The van der Waals surface area contributed by atoms with E-state index < -0.39 is 43.1 Å². The summed E-state index contributed by atoms with van der Waals surface area (Å²) in [7, 11) is 0. The molecular formula is C23H27ClO7. The Kier molecular flexibility index (Phi) is 7.91. The van der Waals surface area contributed by atoms with Crippen molar-refractivity contribution in [2.45, 2.75) is 50.8 Å². The summed E-state index contributed by atoms with van der Waals surface area (Å²) in [5, 5.41) is 30.8. The Morgan fingerprint density at radius 1 is 1.13 bits per heavy atom. The first-order valence-corrected chi connectivity index (χ1v) is 10.5. The van der Waals surface area contributed by atoms with Gasteiger partial charge in [0.2, 0.25) is 0 Å². The van der Waals surface area contributed by atoms with Crippen molar-refractivity contribution in [3.05, 3.63) is 64.2 Å². The summed E-state index contributed by atoms with van der Waals surface area (Å²) in [6.45, 7) is 3.24. The van der Waals surface area contributed by atoms with Gasteiger partial charge < -0.3 is 29.5 Å². The van der Waals surface area contributed by atoms with E-state index in [9.17, 15) is 20.1 Å². The molecule has 7 nitrogen and oxygen atoms in total. The normalized spacial score (nSPS) is 25.8. The van der Waals surface area contributed by atoms with E-state index in [0.29, 0.717) is 23.6 Å². The van der Waals surface area contributed by atoms with Crippen LogP contribution in [0.2, 0.25) is 5.02 Å². The smallest absolute Gasteiger partial charge is 0.303 e. The lowest BCUT2D eigenvalue weighted by molar-refractivity contribution is -0.240. The van der Waals surface area contributed by atoms with Crippen LogP contribution in [0.5, 0.6) is 5.75 Å². The van der Waals surface area contributed by atoms with Crippen molar-refractivity contribution in [3.63, 3.8) is 0 Å². The van der Waals surface area contributed by atoms with Crippen molar-refractivity contribution in [2.75, 3.05) is 13.2 Å². The highest BCUT2D eigenvalue weighted by atomic mass is 35.5. The highest BCUT2D eigenvalue weighted by Crippen LogP contribution is 2.36. The van der Waals surface area contributed by atoms with Crippen molar-refractivity contribution in [3.8, 4) is 5.75 Å². The molecule has 1 heterocycles. The SMILES string of the molecule is CCOc1ccc(Cc2cc([C@@H]3O[C@H](CO)[C@@H](O)[C@H](O)[C@H]3OC(C)=O)ccc2Cl)cc1. The molecule has 8 heteroatoms. The van der Waals surface area contributed by atoms with Gasteiger partial charge in [-0.15, -0.1) is 0 Å². The minimum Gasteiger partial charge on any atom is -0.494 e. The van der Waals surface area contributed by atoms with E-state index in [2.05, 4.69) is 0 Å². The topological polar surface area (TPSA) is 105 Å². The second-order valence-electron chi connectivity index (χ2n) is 7.44. The van der Waals surface area contributed by atoms with E-state index in [1.54, 1.807) is 12.1 Å². The third kappa shape index (κ3) is 5.56. The summed E-state index contributed by atoms with van der Waals surface area (Å²) >= 11 is 6.41. The first kappa shape index (κ1) is 23.5. The van der Waals surface area contributed by atoms with Crippen molar-refractivity contribution >= 4 is 17.6 Å². The van der Waals surface area contributed by atoms with Gasteiger partial charge in [-0.25, -0.2) is 0 Å². The number of hydrogen-bond acceptors (Lipinski definition) is 7. The fourth-order valence-electron chi connectivity index (χ4n) is 3.68. The van der Waals surface area contributed by atoms with Gasteiger partial charge in [0.15, 0.2) is 6.10 Å². The van der Waals surface area contributed by atoms with E-state index in [-0.39, 0.29) is 0 Å². The molecule has 1 aliphatic heterocycles. The summed E-state index contributed by atoms with van der Waals surface area (Å²) < 4.78 is 16.5. The molecule has 0 amide bonds. The Morgan fingerprint density at radius 2 is 1.84 bits per heavy atom. The largest absolute Gasteiger partial charge is 0.494 e. The number of carbonyl (C=O) groups is 1. The molecule has 168 valence electrons. The number of aliphatic hydroxyl groups excluding tert-OH is 3. The number of carbonyl (C=O) groups excluding carboxylic acids is 1. The summed E-state index contributed by atoms with van der Waals surface area (Å²) in [6, 6.07) is 12.9. The first-order chi connectivity index (χ1) is 14.8. The van der Waals surface area contributed by atoms with E-state index in [4.69, 9.17) is 25.8 Å². The second-order valence-corrected chi connectivity index (χ2v) is 7.84. The van der Waals surface area contributed by atoms with Crippen LogP contribution in [0.25, 0.3) is 0 Å². The molecular weight excluding hydrogens is 424 g/mol. The maximum absolute atomic E-state index is 11.6. The number of hydrogen-bond donors (Lipinski definition) is 3. The molecule has 0 unspecified atom stereocenters. The van der Waals surface area contributed by atoms with E-state index in [1.807, 2.05) is 37.3 Å². The van der Waals surface area contributed by atoms with Gasteiger partial charge in [0.05, 0.1) is 13.2 Å². The van der Waals surface area contributed by atoms with Crippen molar-refractivity contribution in [1.29, 1.82) is 0 Å². The quantitative estimate of drug-likeness (QED) is 0.556. The highest BCUT2D eigenvalue weighted by Gasteiger charge is 2.46. The zero-order valence-corrected chi connectivity index (χ0v) is 18.2. The zero-order chi connectivity index (χ0) is 22.5. The maximum atomic E-state index is 11.6. The Morgan fingerprint density at radius 3 is 2.45 bits per heavy atom. The number of halogens is 1. The highest BCUT2D eigenvalue weighted by molar-refractivity contribution is 6.31. The van der Waals surface area contributed by atoms with Crippen LogP contribution in [-0.2, 0) is 20.7 Å². The van der Waals surface area contributed by atoms with Gasteiger partial charge in [-0.3, -0.25) is 4.79 Å². The fourth-order valence-corrected chi connectivity index (χ4v) is 3.86. The Hall–Kier alpha value is -2.16. The maximum Gasteiger partial charge on any atom is 0.303 e. The lowest BCUT2D eigenvalue weighted by Crippen LogP contribution is -2.56. The van der Waals surface area contributed by atoms with Crippen molar-refractivity contribution in [1.82, 2.24) is 0 Å². The average molecular weight is 451 g/mol. The predicted octanol–water partition coefficient (Wildman–Crippen LogP) is 2.42. The molecule has 1 aliphatic rings. The predicted molar refractivity (Wildman–Crippen MR) is 114 cm³/mol. The average Bonchev–Trinajstić information content (AvgIpc) is 2.75. The lowest BCUT2D eigenvalue weighted by atomic mass is 9.90. The van der Waals surface area contributed by atoms with Crippen LogP contribution < -0.4 is 4.74 Å². The van der Waals surface area contributed by atoms with Crippen LogP contribution in [0.1, 0.15) is 36.6 Å². The van der Waals surface area contributed by atoms with Gasteiger partial charge in [-0.1, -0.05) is 35.9 Å². The van der Waals surface area contributed by atoms with E-state index >= 15 is 0 Å². The van der Waals surface area contributed by atoms with E-state index in [0.717, 1.165) is 16.9 Å². The van der Waals surface area contributed by atoms with Crippen LogP contribution >= 0.6 is 11.6 Å². The summed E-state index contributed by atoms with van der Waals surface area (Å²) in [6.07, 6.45) is -5.28. The van der Waals surface area contributed by atoms with Crippen molar-refractivity contribution in [2.24, 2.45) is 0 Å². The van der Waals surface area contributed by atoms with Crippen LogP contribution in [0.15, 0.2) is 42.5 Å². The molecule has 1 saturated heterocycles. The summed E-state index contributed by atoms with van der Waals surface area (Å²) in [5.41, 5.74) is 2.45. The number of benzene rings is 2. The Labute approximate surface area is 186 Å². The van der Waals surface area contributed by atoms with Gasteiger partial charge in [0.1, 0.15) is 30.2 Å². The number of rotatable bonds is 7. The molecule has 1 fully saturated rings. The molecule has 3 N–H and O–H groups in total. The van der Waals surface area contributed by atoms with Crippen LogP contribution in [0.4, 0.5) is 0 Å². The molecule has 0 aromatic heterocycles. The summed E-state index contributed by atoms with van der Waals surface area (Å²) in [4.78, 5) is 11.6. The molecule has 2 aromatic carbocycles. The first-order valence-electron chi connectivity index (χ1n) is 10.1. The minimum absolute atomic E-state index is 0.492. The monoisotopic (exact) mass is 450 g/mol. The lowest BCUT2D eigenvalue weighted by Gasteiger charge is -2.42. The molecule has 5 atom stereocenters. The zero-order valence-electron chi connectivity index (χ0n) is 17.4. The number of esters is 1. The molecule has 2 aromatic rings. The van der Waals surface area contributed by atoms with Gasteiger partial charge in [0.25, 0.3) is 0 Å². The standard InChI is InChI=1S/C23H27ClO7/c1-3-29-17-7-4-14(5-8-17)10-16-11-15(6-9-18(16)24)22-23(30-13(2)26)21(28)20(27)19(12-25)31-22/h4-9,11,19-23,25,27-28H,3,10,12H2,1-2H3/t19-,20-,21+,22+,23-/m1/s1. The minimum atomic E-state index is -1.41. The van der Waals surface area contributed by atoms with Gasteiger partial charge in [-0.05, 0) is 48.2 Å². The van der Waals surface area contributed by atoms with Gasteiger partial charge >= 0.3 is 5.97 Å². The van der Waals surface area contributed by atoms with Crippen molar-refractivity contribution < 1.29 is 34.3 Å². The van der Waals surface area contributed by atoms with Gasteiger partial charge in [-0.2, -0.15) is 0 Å². The van der Waals surface area contributed by atoms with Crippen LogP contribution in [-0.4, -0.2) is 58.9 Å². The molecule has 0 bridgehead atoms. The van der Waals surface area contributed by atoms with Crippen LogP contribution in [0.3, 0.4) is 0 Å². The van der Waals surface area contributed by atoms with E-state index in [1.165, 1.54) is 6.92 Å².